The SMILES string of the molecule is CCN(C(=O)C1COC1)c1ncc(-c2cc(Cl)cc(F)c2-c2nnn(C)n2)cc1F. The fraction of sp³-hybridized carbons (Fsp3) is 0.316. The summed E-state index contributed by atoms with van der Waals surface area (Å²) in [6, 6.07) is 3.77. The Bertz CT molecular complexity index is 1120. The zero-order valence-electron chi connectivity index (χ0n) is 16.1. The highest BCUT2D eigenvalue weighted by atomic mass is 35.5. The zero-order chi connectivity index (χ0) is 21.4. The Morgan fingerprint density at radius 3 is 2.63 bits per heavy atom. The average molecular weight is 435 g/mol. The maximum Gasteiger partial charge on any atom is 0.235 e. The normalized spacial score (nSPS) is 13.9. The Labute approximate surface area is 175 Å². The molecular weight excluding hydrogens is 418 g/mol. The lowest BCUT2D eigenvalue weighted by Gasteiger charge is -2.30. The smallest absolute Gasteiger partial charge is 0.235 e. The van der Waals surface area contributed by atoms with Crippen molar-refractivity contribution in [3.05, 3.63) is 41.1 Å². The van der Waals surface area contributed by atoms with Crippen molar-refractivity contribution in [1.29, 1.82) is 0 Å². The monoisotopic (exact) mass is 434 g/mol. The standard InChI is InChI=1S/C19H17ClF2N6O2/c1-3-28(19(29)11-8-30-9-11)18-15(22)4-10(7-23-18)13-5-12(20)6-14(21)16(13)17-24-26-27(2)25-17/h4-7,11H,3,8-9H2,1-2H3. The molecule has 0 saturated carbocycles. The molecule has 1 saturated heterocycles. The van der Waals surface area contributed by atoms with Crippen molar-refractivity contribution in [3.8, 4) is 22.5 Å². The number of carbonyl (C=O) groups excluding carboxylic acids is 1. The van der Waals surface area contributed by atoms with Gasteiger partial charge in [-0.2, -0.15) is 4.80 Å². The van der Waals surface area contributed by atoms with Crippen LogP contribution in [0.1, 0.15) is 6.92 Å². The molecule has 11 heteroatoms. The van der Waals surface area contributed by atoms with Crippen molar-refractivity contribution in [2.45, 2.75) is 6.92 Å². The number of hydrogen-bond acceptors (Lipinski definition) is 6. The summed E-state index contributed by atoms with van der Waals surface area (Å²) >= 11 is 6.03. The lowest BCUT2D eigenvalue weighted by molar-refractivity contribution is -0.136. The fourth-order valence-corrected chi connectivity index (χ4v) is 3.40. The van der Waals surface area contributed by atoms with Crippen LogP contribution >= 0.6 is 11.6 Å². The molecule has 0 radical (unpaired) electrons. The number of amides is 1. The lowest BCUT2D eigenvalue weighted by atomic mass is 9.99. The van der Waals surface area contributed by atoms with Crippen LogP contribution in [0.3, 0.4) is 0 Å². The number of ether oxygens (including phenoxy) is 1. The van der Waals surface area contributed by atoms with Gasteiger partial charge in [0.25, 0.3) is 0 Å². The molecule has 0 spiro atoms. The van der Waals surface area contributed by atoms with E-state index < -0.39 is 11.6 Å². The molecule has 156 valence electrons. The highest BCUT2D eigenvalue weighted by Gasteiger charge is 2.32. The van der Waals surface area contributed by atoms with Crippen LogP contribution < -0.4 is 4.90 Å². The van der Waals surface area contributed by atoms with Gasteiger partial charge < -0.3 is 4.74 Å². The first-order valence-electron chi connectivity index (χ1n) is 9.17. The predicted molar refractivity (Wildman–Crippen MR) is 105 cm³/mol. The second kappa shape index (κ2) is 8.04. The zero-order valence-corrected chi connectivity index (χ0v) is 16.9. The highest BCUT2D eigenvalue weighted by molar-refractivity contribution is 6.31. The van der Waals surface area contributed by atoms with E-state index in [9.17, 15) is 13.6 Å². The first-order chi connectivity index (χ1) is 14.4. The van der Waals surface area contributed by atoms with Crippen LogP contribution in [0.25, 0.3) is 22.5 Å². The fourth-order valence-electron chi connectivity index (χ4n) is 3.20. The van der Waals surface area contributed by atoms with E-state index in [0.29, 0.717) is 13.2 Å². The van der Waals surface area contributed by atoms with E-state index in [-0.39, 0.29) is 51.7 Å². The largest absolute Gasteiger partial charge is 0.380 e. The summed E-state index contributed by atoms with van der Waals surface area (Å²) in [7, 11) is 1.55. The van der Waals surface area contributed by atoms with Crippen molar-refractivity contribution in [2.75, 3.05) is 24.7 Å². The molecule has 1 amide bonds. The summed E-state index contributed by atoms with van der Waals surface area (Å²) in [6.45, 7) is 2.60. The minimum atomic E-state index is -0.721. The molecule has 30 heavy (non-hydrogen) atoms. The molecule has 1 fully saturated rings. The third-order valence-electron chi connectivity index (χ3n) is 4.74. The summed E-state index contributed by atoms with van der Waals surface area (Å²) in [5.41, 5.74) is 0.541. The van der Waals surface area contributed by atoms with Gasteiger partial charge in [0, 0.05) is 23.3 Å². The first-order valence-corrected chi connectivity index (χ1v) is 9.55. The van der Waals surface area contributed by atoms with Gasteiger partial charge in [-0.3, -0.25) is 9.69 Å². The minimum Gasteiger partial charge on any atom is -0.380 e. The van der Waals surface area contributed by atoms with Gasteiger partial charge >= 0.3 is 0 Å². The number of aromatic nitrogens is 5. The Hall–Kier alpha value is -2.98. The lowest BCUT2D eigenvalue weighted by Crippen LogP contribution is -2.45. The Kier molecular flexibility index (Phi) is 5.44. The van der Waals surface area contributed by atoms with E-state index in [1.807, 2.05) is 0 Å². The Balaban J connectivity index is 1.77. The molecule has 8 nitrogen and oxygen atoms in total. The molecule has 1 aliphatic heterocycles. The summed E-state index contributed by atoms with van der Waals surface area (Å²) in [5, 5.41) is 11.7. The van der Waals surface area contributed by atoms with Crippen LogP contribution in [0.4, 0.5) is 14.6 Å². The molecule has 3 aromatic rings. The molecule has 0 N–H and O–H groups in total. The number of aryl methyl sites for hydroxylation is 1. The first kappa shape index (κ1) is 20.3. The second-order valence-electron chi connectivity index (χ2n) is 6.76. The molecule has 2 aromatic heterocycles. The molecule has 1 aliphatic rings. The van der Waals surface area contributed by atoms with Crippen LogP contribution in [-0.2, 0) is 16.6 Å². The van der Waals surface area contributed by atoms with Gasteiger partial charge in [0.05, 0.1) is 31.7 Å². The number of benzene rings is 1. The van der Waals surface area contributed by atoms with Crippen molar-refractivity contribution >= 4 is 23.3 Å². The van der Waals surface area contributed by atoms with Crippen LogP contribution in [0.15, 0.2) is 24.4 Å². The number of hydrogen-bond donors (Lipinski definition) is 0. The van der Waals surface area contributed by atoms with Crippen LogP contribution in [0.5, 0.6) is 0 Å². The van der Waals surface area contributed by atoms with E-state index in [2.05, 4.69) is 20.4 Å². The topological polar surface area (TPSA) is 86.0 Å². The molecule has 0 unspecified atom stereocenters. The van der Waals surface area contributed by atoms with E-state index in [1.54, 1.807) is 14.0 Å². The summed E-state index contributed by atoms with van der Waals surface area (Å²) in [5.74, 6) is -2.02. The third-order valence-corrected chi connectivity index (χ3v) is 4.96. The van der Waals surface area contributed by atoms with Gasteiger partial charge in [0.15, 0.2) is 11.6 Å². The molecule has 0 atom stereocenters. The van der Waals surface area contributed by atoms with Gasteiger partial charge in [-0.15, -0.1) is 10.2 Å². The van der Waals surface area contributed by atoms with Crippen molar-refractivity contribution in [2.24, 2.45) is 13.0 Å². The van der Waals surface area contributed by atoms with E-state index in [0.717, 1.165) is 6.07 Å². The molecule has 3 heterocycles. The third kappa shape index (κ3) is 3.63. The number of carbonyl (C=O) groups is 1. The molecule has 4 rings (SSSR count). The summed E-state index contributed by atoms with van der Waals surface area (Å²) in [6.07, 6.45) is 1.36. The maximum absolute atomic E-state index is 15.0. The van der Waals surface area contributed by atoms with Crippen molar-refractivity contribution in [1.82, 2.24) is 25.2 Å². The van der Waals surface area contributed by atoms with E-state index >= 15 is 0 Å². The molecule has 0 bridgehead atoms. The molecule has 1 aromatic carbocycles. The van der Waals surface area contributed by atoms with Crippen LogP contribution in [0, 0.1) is 17.6 Å². The van der Waals surface area contributed by atoms with E-state index in [1.165, 1.54) is 28.0 Å². The van der Waals surface area contributed by atoms with Crippen LogP contribution in [0.2, 0.25) is 5.02 Å². The molecule has 0 aliphatic carbocycles. The van der Waals surface area contributed by atoms with Crippen molar-refractivity contribution < 1.29 is 18.3 Å². The highest BCUT2D eigenvalue weighted by Crippen LogP contribution is 2.36. The quantitative estimate of drug-likeness (QED) is 0.613. The molecular formula is C19H17ClF2N6O2. The minimum absolute atomic E-state index is 0.0245. The number of nitrogens with zero attached hydrogens (tertiary/aromatic N) is 6. The number of halogens is 3. The maximum atomic E-state index is 15.0. The average Bonchev–Trinajstić information content (AvgIpc) is 3.07. The van der Waals surface area contributed by atoms with Crippen molar-refractivity contribution in [3.63, 3.8) is 0 Å². The van der Waals surface area contributed by atoms with Gasteiger partial charge in [0.2, 0.25) is 11.7 Å². The van der Waals surface area contributed by atoms with Crippen LogP contribution in [-0.4, -0.2) is 50.9 Å². The Morgan fingerprint density at radius 2 is 2.07 bits per heavy atom. The summed E-state index contributed by atoms with van der Waals surface area (Å²) < 4.78 is 34.8. The van der Waals surface area contributed by atoms with Gasteiger partial charge in [0.1, 0.15) is 5.82 Å². The number of pyridine rings is 1. The van der Waals surface area contributed by atoms with Gasteiger partial charge in [-0.25, -0.2) is 13.8 Å². The summed E-state index contributed by atoms with van der Waals surface area (Å²) in [4.78, 5) is 19.1. The number of tetrazole rings is 1. The predicted octanol–water partition coefficient (Wildman–Crippen LogP) is 2.87. The number of rotatable bonds is 5. The second-order valence-corrected chi connectivity index (χ2v) is 7.20. The van der Waals surface area contributed by atoms with Gasteiger partial charge in [-0.05, 0) is 35.9 Å². The van der Waals surface area contributed by atoms with E-state index in [4.69, 9.17) is 16.3 Å². The Morgan fingerprint density at radius 1 is 1.30 bits per heavy atom. The number of anilines is 1. The van der Waals surface area contributed by atoms with Gasteiger partial charge in [-0.1, -0.05) is 11.6 Å².